The van der Waals surface area contributed by atoms with Crippen molar-refractivity contribution < 1.29 is 24.2 Å². The molecule has 0 aliphatic rings. The molecule has 19 heavy (non-hydrogen) atoms. The first-order chi connectivity index (χ1) is 9.01. The fourth-order valence-corrected chi connectivity index (χ4v) is 1.64. The van der Waals surface area contributed by atoms with Crippen molar-refractivity contribution in [3.63, 3.8) is 0 Å². The third-order valence-electron chi connectivity index (χ3n) is 2.71. The average molecular weight is 270 g/mol. The van der Waals surface area contributed by atoms with E-state index < -0.39 is 17.9 Å². The van der Waals surface area contributed by atoms with Crippen LogP contribution in [0.2, 0.25) is 0 Å². The fourth-order valence-electron chi connectivity index (χ4n) is 1.64. The lowest BCUT2D eigenvalue weighted by Gasteiger charge is -2.13. The molecule has 0 aliphatic heterocycles. The van der Waals surface area contributed by atoms with Gasteiger partial charge in [-0.05, 0) is 12.8 Å². The smallest absolute Gasteiger partial charge is 0.338 e. The van der Waals surface area contributed by atoms with E-state index in [1.165, 1.54) is 0 Å². The summed E-state index contributed by atoms with van der Waals surface area (Å²) in [5.74, 6) is -3.01. The van der Waals surface area contributed by atoms with Gasteiger partial charge in [-0.2, -0.15) is 0 Å². The first kappa shape index (κ1) is 17.4. The number of hydrogen-bond donors (Lipinski definition) is 1. The monoisotopic (exact) mass is 270 g/mol. The largest absolute Gasteiger partial charge is 0.478 e. The molecule has 0 atom stereocenters. The maximum Gasteiger partial charge on any atom is 0.338 e. The summed E-state index contributed by atoms with van der Waals surface area (Å²) < 4.78 is 4.63. The Morgan fingerprint density at radius 3 is 2.00 bits per heavy atom. The Labute approximate surface area is 113 Å². The van der Waals surface area contributed by atoms with Crippen LogP contribution >= 0.6 is 0 Å². The standard InChI is InChI=1S/C14H22O5/c1-3-5-7-11(8-6-4-2)14(18)19-13(17)10-9-12(15)16/h9-11H,3-8H2,1-2H3,(H,15,16). The molecule has 0 aliphatic carbocycles. The number of aliphatic carboxylic acids is 1. The average Bonchev–Trinajstić information content (AvgIpc) is 2.36. The van der Waals surface area contributed by atoms with E-state index >= 15 is 0 Å². The predicted octanol–water partition coefficient (Wildman–Crippen LogP) is 2.69. The van der Waals surface area contributed by atoms with Crippen molar-refractivity contribution in [1.29, 1.82) is 0 Å². The van der Waals surface area contributed by atoms with Crippen LogP contribution in [0, 0.1) is 5.92 Å². The molecule has 1 N–H and O–H groups in total. The van der Waals surface area contributed by atoms with E-state index in [0.717, 1.165) is 31.8 Å². The Bertz CT molecular complexity index is 325. The van der Waals surface area contributed by atoms with Gasteiger partial charge in [0, 0.05) is 12.2 Å². The van der Waals surface area contributed by atoms with Gasteiger partial charge in [0.15, 0.2) is 0 Å². The molecule has 0 unspecified atom stereocenters. The molecule has 0 saturated heterocycles. The van der Waals surface area contributed by atoms with Crippen LogP contribution < -0.4 is 0 Å². The number of esters is 2. The van der Waals surface area contributed by atoms with Crippen molar-refractivity contribution in [2.75, 3.05) is 0 Å². The van der Waals surface area contributed by atoms with Crippen LogP contribution in [0.1, 0.15) is 52.4 Å². The summed E-state index contributed by atoms with van der Waals surface area (Å²) in [6, 6.07) is 0. The van der Waals surface area contributed by atoms with Gasteiger partial charge in [0.2, 0.25) is 0 Å². The minimum absolute atomic E-state index is 0.276. The number of carboxylic acid groups (broad SMARTS) is 1. The highest BCUT2D eigenvalue weighted by atomic mass is 16.6. The summed E-state index contributed by atoms with van der Waals surface area (Å²) in [6.45, 7) is 4.06. The van der Waals surface area contributed by atoms with Gasteiger partial charge < -0.3 is 9.84 Å². The molecule has 0 spiro atoms. The van der Waals surface area contributed by atoms with Crippen LogP contribution in [0.15, 0.2) is 12.2 Å². The molecule has 0 bridgehead atoms. The van der Waals surface area contributed by atoms with Crippen LogP contribution in [0.25, 0.3) is 0 Å². The van der Waals surface area contributed by atoms with Gasteiger partial charge in [-0.15, -0.1) is 0 Å². The molecular formula is C14H22O5. The second kappa shape index (κ2) is 10.3. The minimum Gasteiger partial charge on any atom is -0.478 e. The van der Waals surface area contributed by atoms with E-state index in [0.29, 0.717) is 18.9 Å². The number of carboxylic acids is 1. The van der Waals surface area contributed by atoms with Crippen molar-refractivity contribution in [3.05, 3.63) is 12.2 Å². The van der Waals surface area contributed by atoms with E-state index in [4.69, 9.17) is 5.11 Å². The number of hydrogen-bond acceptors (Lipinski definition) is 4. The maximum atomic E-state index is 11.8. The topological polar surface area (TPSA) is 80.7 Å². The normalized spacial score (nSPS) is 10.9. The van der Waals surface area contributed by atoms with Crippen LogP contribution in [0.5, 0.6) is 0 Å². The molecular weight excluding hydrogens is 248 g/mol. The van der Waals surface area contributed by atoms with Crippen LogP contribution in [-0.4, -0.2) is 23.0 Å². The first-order valence-corrected chi connectivity index (χ1v) is 6.67. The Balaban J connectivity index is 4.36. The molecule has 0 aromatic rings. The molecule has 0 rings (SSSR count). The summed E-state index contributed by atoms with van der Waals surface area (Å²) in [5.41, 5.74) is 0. The van der Waals surface area contributed by atoms with Crippen LogP contribution in [-0.2, 0) is 19.1 Å². The highest BCUT2D eigenvalue weighted by Crippen LogP contribution is 2.18. The van der Waals surface area contributed by atoms with E-state index in [1.54, 1.807) is 0 Å². The Kier molecular flexibility index (Phi) is 9.40. The summed E-state index contributed by atoms with van der Waals surface area (Å²) in [7, 11) is 0. The molecule has 0 fully saturated rings. The molecule has 0 heterocycles. The van der Waals surface area contributed by atoms with E-state index in [-0.39, 0.29) is 5.92 Å². The minimum atomic E-state index is -1.25. The van der Waals surface area contributed by atoms with Crippen LogP contribution in [0.3, 0.4) is 0 Å². The van der Waals surface area contributed by atoms with Crippen molar-refractivity contribution in [1.82, 2.24) is 0 Å². The zero-order valence-electron chi connectivity index (χ0n) is 11.6. The number of rotatable bonds is 9. The second-order valence-electron chi connectivity index (χ2n) is 4.39. The molecule has 0 saturated carbocycles. The highest BCUT2D eigenvalue weighted by Gasteiger charge is 2.21. The zero-order chi connectivity index (χ0) is 14.7. The van der Waals surface area contributed by atoms with Gasteiger partial charge in [0.25, 0.3) is 0 Å². The quantitative estimate of drug-likeness (QED) is 0.396. The van der Waals surface area contributed by atoms with Crippen LogP contribution in [0.4, 0.5) is 0 Å². The number of unbranched alkanes of at least 4 members (excludes halogenated alkanes) is 2. The Morgan fingerprint density at radius 2 is 1.58 bits per heavy atom. The number of carbonyl (C=O) groups excluding carboxylic acids is 2. The van der Waals surface area contributed by atoms with Gasteiger partial charge >= 0.3 is 17.9 Å². The van der Waals surface area contributed by atoms with Gasteiger partial charge in [0.05, 0.1) is 5.92 Å². The van der Waals surface area contributed by atoms with Gasteiger partial charge in [0.1, 0.15) is 0 Å². The van der Waals surface area contributed by atoms with Gasteiger partial charge in [-0.3, -0.25) is 4.79 Å². The SMILES string of the molecule is CCCCC(CCCC)C(=O)OC(=O)C=CC(=O)O. The van der Waals surface area contributed by atoms with E-state index in [2.05, 4.69) is 4.74 Å². The van der Waals surface area contributed by atoms with Crippen molar-refractivity contribution in [2.45, 2.75) is 52.4 Å². The van der Waals surface area contributed by atoms with Gasteiger partial charge in [-0.25, -0.2) is 9.59 Å². The summed E-state index contributed by atoms with van der Waals surface area (Å²) in [5, 5.41) is 8.36. The first-order valence-electron chi connectivity index (χ1n) is 6.67. The summed E-state index contributed by atoms with van der Waals surface area (Å²) in [4.78, 5) is 33.2. The van der Waals surface area contributed by atoms with E-state index in [9.17, 15) is 14.4 Å². The Morgan fingerprint density at radius 1 is 1.05 bits per heavy atom. The molecule has 0 aromatic heterocycles. The maximum absolute atomic E-state index is 11.8. The van der Waals surface area contributed by atoms with Crippen molar-refractivity contribution >= 4 is 17.9 Å². The zero-order valence-corrected chi connectivity index (χ0v) is 11.6. The molecule has 108 valence electrons. The molecule has 5 nitrogen and oxygen atoms in total. The number of carbonyl (C=O) groups is 3. The predicted molar refractivity (Wildman–Crippen MR) is 70.4 cm³/mol. The third-order valence-corrected chi connectivity index (χ3v) is 2.71. The second-order valence-corrected chi connectivity index (χ2v) is 4.39. The van der Waals surface area contributed by atoms with Gasteiger partial charge in [-0.1, -0.05) is 39.5 Å². The number of ether oxygens (including phenoxy) is 1. The van der Waals surface area contributed by atoms with E-state index in [1.807, 2.05) is 13.8 Å². The lowest BCUT2D eigenvalue weighted by atomic mass is 9.96. The third kappa shape index (κ3) is 8.99. The fraction of sp³-hybridized carbons (Fsp3) is 0.643. The Hall–Kier alpha value is -1.65. The van der Waals surface area contributed by atoms with Crippen molar-refractivity contribution in [2.24, 2.45) is 5.92 Å². The molecule has 5 heteroatoms. The summed E-state index contributed by atoms with van der Waals surface area (Å²) in [6.07, 6.45) is 6.56. The lowest BCUT2D eigenvalue weighted by molar-refractivity contribution is -0.160. The summed E-state index contributed by atoms with van der Waals surface area (Å²) >= 11 is 0. The highest BCUT2D eigenvalue weighted by molar-refractivity contribution is 5.96. The molecule has 0 radical (unpaired) electrons. The molecule has 0 amide bonds. The lowest BCUT2D eigenvalue weighted by Crippen LogP contribution is -2.20. The van der Waals surface area contributed by atoms with Crippen molar-refractivity contribution in [3.8, 4) is 0 Å². The molecule has 0 aromatic carbocycles.